The predicted molar refractivity (Wildman–Crippen MR) is 107 cm³/mol. The quantitative estimate of drug-likeness (QED) is 0.636. The first-order valence-electron chi connectivity index (χ1n) is 8.04. The van der Waals surface area contributed by atoms with Crippen molar-refractivity contribution in [3.05, 3.63) is 65.7 Å². The van der Waals surface area contributed by atoms with Gasteiger partial charge in [-0.15, -0.1) is 12.4 Å². The number of hydrogen-bond acceptors (Lipinski definition) is 4. The summed E-state index contributed by atoms with van der Waals surface area (Å²) in [7, 11) is -3.78. The number of aromatic nitrogens is 1. The molecule has 0 saturated carbocycles. The lowest BCUT2D eigenvalue weighted by Gasteiger charge is -2.15. The molecule has 1 aromatic heterocycles. The maximum Gasteiger partial charge on any atom is 0.296 e. The number of nitrogens with one attached hydrogen (secondary N) is 2. The number of hydrogen-bond donors (Lipinski definition) is 3. The molecule has 8 heteroatoms. The molecule has 1 atom stereocenters. The van der Waals surface area contributed by atoms with Crippen LogP contribution in [0.5, 0.6) is 0 Å². The summed E-state index contributed by atoms with van der Waals surface area (Å²) in [5, 5.41) is 9.34. The Morgan fingerprint density at radius 2 is 1.88 bits per heavy atom. The minimum absolute atomic E-state index is 0. The molecule has 0 amide bonds. The zero-order chi connectivity index (χ0) is 17.4. The van der Waals surface area contributed by atoms with Crippen molar-refractivity contribution in [1.29, 1.82) is 0 Å². The number of benzene rings is 2. The van der Waals surface area contributed by atoms with Gasteiger partial charge in [-0.1, -0.05) is 24.3 Å². The summed E-state index contributed by atoms with van der Waals surface area (Å²) in [6, 6.07) is 17.7. The lowest BCUT2D eigenvalue weighted by atomic mass is 10.1. The van der Waals surface area contributed by atoms with E-state index in [9.17, 15) is 8.42 Å². The predicted octanol–water partition coefficient (Wildman–Crippen LogP) is 3.37. The molecule has 0 fully saturated rings. The van der Waals surface area contributed by atoms with Gasteiger partial charge in [0.2, 0.25) is 0 Å². The van der Waals surface area contributed by atoms with Crippen LogP contribution in [0.4, 0.5) is 11.5 Å². The van der Waals surface area contributed by atoms with Crippen molar-refractivity contribution in [3.63, 3.8) is 0 Å². The van der Waals surface area contributed by atoms with Gasteiger partial charge in [0.15, 0.2) is 0 Å². The van der Waals surface area contributed by atoms with Crippen molar-refractivity contribution in [3.8, 4) is 0 Å². The number of rotatable bonds is 4. The molecule has 3 aromatic rings. The molecule has 1 aliphatic carbocycles. The van der Waals surface area contributed by atoms with E-state index in [1.807, 2.05) is 12.1 Å². The molecule has 6 nitrogen and oxygen atoms in total. The van der Waals surface area contributed by atoms with E-state index in [1.54, 1.807) is 18.2 Å². The number of fused-ring (bicyclic) bond motifs is 2. The number of aryl methyl sites for hydroxylation is 1. The van der Waals surface area contributed by atoms with Crippen molar-refractivity contribution in [2.45, 2.75) is 18.9 Å². The zero-order valence-electron chi connectivity index (χ0n) is 13.8. The third kappa shape index (κ3) is 3.90. The molecule has 0 unspecified atom stereocenters. The van der Waals surface area contributed by atoms with Crippen LogP contribution in [-0.4, -0.2) is 13.4 Å². The number of nitrogens with two attached hydrogens (primary N) is 1. The molecule has 26 heavy (non-hydrogen) atoms. The first-order chi connectivity index (χ1) is 12.0. The van der Waals surface area contributed by atoms with Gasteiger partial charge in [0.25, 0.3) is 10.2 Å². The Bertz CT molecular complexity index is 1060. The Hall–Kier alpha value is -2.35. The highest BCUT2D eigenvalue weighted by Gasteiger charge is 2.21. The molecule has 0 saturated heterocycles. The van der Waals surface area contributed by atoms with Crippen LogP contribution < -0.4 is 15.2 Å². The van der Waals surface area contributed by atoms with E-state index >= 15 is 0 Å². The lowest BCUT2D eigenvalue weighted by Crippen LogP contribution is -2.21. The van der Waals surface area contributed by atoms with Gasteiger partial charge in [-0.2, -0.15) is 8.42 Å². The first kappa shape index (κ1) is 18.4. The topological polar surface area (TPSA) is 97.1 Å². The van der Waals surface area contributed by atoms with Gasteiger partial charge in [-0.25, -0.2) is 10.1 Å². The van der Waals surface area contributed by atoms with Gasteiger partial charge in [0, 0.05) is 5.39 Å². The van der Waals surface area contributed by atoms with Crippen LogP contribution in [0.1, 0.15) is 23.6 Å². The monoisotopic (exact) mass is 390 g/mol. The summed E-state index contributed by atoms with van der Waals surface area (Å²) in [6.07, 6.45) is 2.13. The van der Waals surface area contributed by atoms with Crippen molar-refractivity contribution in [2.24, 2.45) is 5.14 Å². The second kappa shape index (κ2) is 7.11. The van der Waals surface area contributed by atoms with E-state index in [-0.39, 0.29) is 18.4 Å². The van der Waals surface area contributed by atoms with Crippen molar-refractivity contribution in [1.82, 2.24) is 4.98 Å². The fourth-order valence-corrected chi connectivity index (χ4v) is 3.77. The Morgan fingerprint density at radius 1 is 1.08 bits per heavy atom. The van der Waals surface area contributed by atoms with Crippen molar-refractivity contribution < 1.29 is 8.42 Å². The Labute approximate surface area is 158 Å². The summed E-state index contributed by atoms with van der Waals surface area (Å²) < 4.78 is 24.5. The normalized spacial score (nSPS) is 16.0. The Balaban J connectivity index is 0.00000196. The van der Waals surface area contributed by atoms with E-state index in [4.69, 9.17) is 5.14 Å². The minimum Gasteiger partial charge on any atom is -0.363 e. The van der Waals surface area contributed by atoms with E-state index in [0.29, 0.717) is 5.69 Å². The molecule has 2 aromatic carbocycles. The largest absolute Gasteiger partial charge is 0.363 e. The molecule has 1 aliphatic rings. The van der Waals surface area contributed by atoms with Crippen molar-refractivity contribution in [2.75, 3.05) is 10.0 Å². The van der Waals surface area contributed by atoms with Gasteiger partial charge >= 0.3 is 0 Å². The Kier molecular flexibility index (Phi) is 5.04. The third-order valence-electron chi connectivity index (χ3n) is 4.40. The maximum absolute atomic E-state index is 11.1. The number of anilines is 2. The summed E-state index contributed by atoms with van der Waals surface area (Å²) in [6.45, 7) is 0. The average molecular weight is 391 g/mol. The van der Waals surface area contributed by atoms with Crippen LogP contribution in [0.3, 0.4) is 0 Å². The number of pyridine rings is 1. The van der Waals surface area contributed by atoms with Crippen LogP contribution >= 0.6 is 12.4 Å². The molecule has 0 bridgehead atoms. The summed E-state index contributed by atoms with van der Waals surface area (Å²) in [5.41, 5.74) is 3.93. The lowest BCUT2D eigenvalue weighted by molar-refractivity contribution is 0.603. The van der Waals surface area contributed by atoms with Crippen molar-refractivity contribution >= 4 is 45.0 Å². The van der Waals surface area contributed by atoms with E-state index in [0.717, 1.165) is 29.6 Å². The van der Waals surface area contributed by atoms with Gasteiger partial charge in [0.05, 0.1) is 17.2 Å². The van der Waals surface area contributed by atoms with Gasteiger partial charge in [-0.3, -0.25) is 4.72 Å². The van der Waals surface area contributed by atoms with Gasteiger partial charge in [0.1, 0.15) is 5.82 Å². The molecular formula is C18H19ClN4O2S. The second-order valence-corrected chi connectivity index (χ2v) is 7.48. The molecule has 4 rings (SSSR count). The molecular weight excluding hydrogens is 372 g/mol. The van der Waals surface area contributed by atoms with Crippen LogP contribution in [0.15, 0.2) is 54.6 Å². The van der Waals surface area contributed by atoms with Crippen LogP contribution in [0, 0.1) is 0 Å². The van der Waals surface area contributed by atoms with Crippen LogP contribution in [-0.2, 0) is 16.6 Å². The number of halogens is 1. The maximum atomic E-state index is 11.1. The molecule has 1 heterocycles. The SMILES string of the molecule is Cl.NS(=O)(=O)Nc1ccc2nc(N[C@@H]3CCc4ccccc43)ccc2c1. The highest BCUT2D eigenvalue weighted by atomic mass is 35.5. The smallest absolute Gasteiger partial charge is 0.296 e. The molecule has 4 N–H and O–H groups in total. The minimum atomic E-state index is -3.78. The van der Waals surface area contributed by atoms with Gasteiger partial charge < -0.3 is 5.32 Å². The average Bonchev–Trinajstić information content (AvgIpc) is 2.97. The van der Waals surface area contributed by atoms with Crippen LogP contribution in [0.25, 0.3) is 10.9 Å². The zero-order valence-corrected chi connectivity index (χ0v) is 15.5. The first-order valence-corrected chi connectivity index (χ1v) is 9.58. The number of nitrogens with zero attached hydrogens (tertiary/aromatic N) is 1. The third-order valence-corrected chi connectivity index (χ3v) is 4.92. The molecule has 136 valence electrons. The molecule has 0 spiro atoms. The summed E-state index contributed by atoms with van der Waals surface area (Å²) in [4.78, 5) is 4.63. The fourth-order valence-electron chi connectivity index (χ4n) is 3.32. The molecule has 0 radical (unpaired) electrons. The van der Waals surface area contributed by atoms with E-state index < -0.39 is 10.2 Å². The summed E-state index contributed by atoms with van der Waals surface area (Å²) in [5.74, 6) is 0.807. The highest BCUT2D eigenvalue weighted by Crippen LogP contribution is 2.33. The van der Waals surface area contributed by atoms with Gasteiger partial charge in [-0.05, 0) is 54.3 Å². The fraction of sp³-hybridized carbons (Fsp3) is 0.167. The van der Waals surface area contributed by atoms with E-state index in [2.05, 4.69) is 39.3 Å². The van der Waals surface area contributed by atoms with Crippen LogP contribution in [0.2, 0.25) is 0 Å². The standard InChI is InChI=1S/C18H18N4O2S.ClH/c19-25(23,24)22-14-7-9-16-13(11-14)6-10-18(20-16)21-17-8-5-12-3-1-2-4-15(12)17;/h1-4,6-7,9-11,17,22H,5,8H2,(H,20,21)(H2,19,23,24);1H/t17-;/m1./s1. The second-order valence-electron chi connectivity index (χ2n) is 6.19. The van der Waals surface area contributed by atoms with E-state index in [1.165, 1.54) is 11.1 Å². The Morgan fingerprint density at radius 3 is 2.69 bits per heavy atom. The molecule has 0 aliphatic heterocycles. The summed E-state index contributed by atoms with van der Waals surface area (Å²) >= 11 is 0. The highest BCUT2D eigenvalue weighted by molar-refractivity contribution is 7.90.